The van der Waals surface area contributed by atoms with Gasteiger partial charge in [-0.1, -0.05) is 6.92 Å². The lowest BCUT2D eigenvalue weighted by molar-refractivity contribution is -0.130. The average molecular weight is 255 g/mol. The fourth-order valence-corrected chi connectivity index (χ4v) is 2.44. The number of nitrogens with one attached hydrogen (secondary N) is 1. The average Bonchev–Trinajstić information content (AvgIpc) is 2.76. The zero-order valence-electron chi connectivity index (χ0n) is 11.2. The van der Waals surface area contributed by atoms with Gasteiger partial charge in [-0.3, -0.25) is 10.1 Å². The summed E-state index contributed by atoms with van der Waals surface area (Å²) in [6.07, 6.45) is 0.962. The van der Waals surface area contributed by atoms with Crippen LogP contribution in [0.2, 0.25) is 0 Å². The smallest absolute Gasteiger partial charge is 0.238 e. The molecule has 17 heavy (non-hydrogen) atoms. The molecule has 1 N–H and O–H groups in total. The van der Waals surface area contributed by atoms with E-state index in [2.05, 4.69) is 22.6 Å². The van der Waals surface area contributed by atoms with E-state index in [0.29, 0.717) is 0 Å². The molecule has 0 bridgehead atoms. The highest BCUT2D eigenvalue weighted by molar-refractivity contribution is 7.09. The van der Waals surface area contributed by atoms with Crippen molar-refractivity contribution in [1.29, 1.82) is 0 Å². The van der Waals surface area contributed by atoms with E-state index < -0.39 is 0 Å². The van der Waals surface area contributed by atoms with Crippen molar-refractivity contribution in [1.82, 2.24) is 15.2 Å². The number of aromatic nitrogens is 1. The van der Waals surface area contributed by atoms with Crippen molar-refractivity contribution in [3.63, 3.8) is 0 Å². The Hall–Kier alpha value is -0.940. The summed E-state index contributed by atoms with van der Waals surface area (Å²) in [4.78, 5) is 17.8. The summed E-state index contributed by atoms with van der Waals surface area (Å²) in [7, 11) is 3.53. The van der Waals surface area contributed by atoms with Crippen molar-refractivity contribution in [3.05, 3.63) is 16.1 Å². The summed E-state index contributed by atoms with van der Waals surface area (Å²) < 4.78 is 0. The molecule has 0 saturated heterocycles. The molecule has 0 fully saturated rings. The van der Waals surface area contributed by atoms with Crippen LogP contribution in [0, 0.1) is 0 Å². The number of aryl methyl sites for hydroxylation is 1. The maximum Gasteiger partial charge on any atom is 0.238 e. The molecule has 1 rings (SSSR count). The number of thiazole rings is 1. The number of likely N-dealkylation sites (N-methyl/N-ethyl adjacent to an activating group) is 1. The van der Waals surface area contributed by atoms with Crippen LogP contribution >= 0.6 is 11.3 Å². The fraction of sp³-hybridized carbons (Fsp3) is 0.667. The van der Waals surface area contributed by atoms with Gasteiger partial charge in [0.25, 0.3) is 0 Å². The van der Waals surface area contributed by atoms with Gasteiger partial charge in [0.2, 0.25) is 5.91 Å². The van der Waals surface area contributed by atoms with E-state index in [1.54, 1.807) is 30.3 Å². The third-order valence-electron chi connectivity index (χ3n) is 2.63. The minimum absolute atomic E-state index is 0.0859. The summed E-state index contributed by atoms with van der Waals surface area (Å²) in [6, 6.07) is -0.0859. The van der Waals surface area contributed by atoms with E-state index in [-0.39, 0.29) is 18.0 Å². The van der Waals surface area contributed by atoms with E-state index in [9.17, 15) is 4.79 Å². The van der Waals surface area contributed by atoms with Crippen LogP contribution < -0.4 is 5.32 Å². The van der Waals surface area contributed by atoms with Crippen LogP contribution in [0.3, 0.4) is 0 Å². The molecule has 1 aromatic rings. The topological polar surface area (TPSA) is 45.2 Å². The summed E-state index contributed by atoms with van der Waals surface area (Å²) in [5.41, 5.74) is 1.02. The molecule has 0 aliphatic heterocycles. The number of carbonyl (C=O) groups is 1. The molecule has 5 heteroatoms. The highest BCUT2D eigenvalue weighted by Gasteiger charge is 2.18. The minimum atomic E-state index is -0.188. The van der Waals surface area contributed by atoms with E-state index in [4.69, 9.17) is 0 Å². The van der Waals surface area contributed by atoms with Crippen molar-refractivity contribution >= 4 is 17.2 Å². The normalized spacial score (nSPS) is 14.4. The maximum atomic E-state index is 11.7. The number of rotatable bonds is 5. The molecule has 1 heterocycles. The molecule has 2 atom stereocenters. The second-order valence-electron chi connectivity index (χ2n) is 4.36. The minimum Gasteiger partial charge on any atom is -0.347 e. The third-order valence-corrected chi connectivity index (χ3v) is 3.64. The maximum absolute atomic E-state index is 11.7. The first-order valence-electron chi connectivity index (χ1n) is 5.87. The number of hydrogen-bond acceptors (Lipinski definition) is 4. The van der Waals surface area contributed by atoms with Crippen LogP contribution in [0.15, 0.2) is 5.38 Å². The van der Waals surface area contributed by atoms with Crippen LogP contribution in [0.25, 0.3) is 0 Å². The third kappa shape index (κ3) is 3.78. The molecule has 0 radical (unpaired) electrons. The lowest BCUT2D eigenvalue weighted by Crippen LogP contribution is -2.42. The first-order valence-corrected chi connectivity index (χ1v) is 6.75. The van der Waals surface area contributed by atoms with Gasteiger partial charge in [-0.2, -0.15) is 0 Å². The zero-order chi connectivity index (χ0) is 13.0. The van der Waals surface area contributed by atoms with Gasteiger partial charge in [0.05, 0.1) is 16.7 Å². The Balaban J connectivity index is 2.59. The Morgan fingerprint density at radius 2 is 2.18 bits per heavy atom. The summed E-state index contributed by atoms with van der Waals surface area (Å²) in [5, 5.41) is 6.47. The van der Waals surface area contributed by atoms with Crippen molar-refractivity contribution in [2.45, 2.75) is 39.3 Å². The molecule has 96 valence electrons. The Bertz CT molecular complexity index is 376. The Labute approximate surface area is 107 Å². The fourth-order valence-electron chi connectivity index (χ4n) is 1.61. The Morgan fingerprint density at radius 3 is 2.65 bits per heavy atom. The monoisotopic (exact) mass is 255 g/mol. The predicted molar refractivity (Wildman–Crippen MR) is 71.2 cm³/mol. The van der Waals surface area contributed by atoms with Gasteiger partial charge >= 0.3 is 0 Å². The second kappa shape index (κ2) is 6.12. The molecule has 0 aromatic carbocycles. The van der Waals surface area contributed by atoms with Crippen molar-refractivity contribution in [2.24, 2.45) is 0 Å². The van der Waals surface area contributed by atoms with Gasteiger partial charge in [0.1, 0.15) is 0 Å². The van der Waals surface area contributed by atoms with Gasteiger partial charge < -0.3 is 4.90 Å². The number of carbonyl (C=O) groups excluding carboxylic acids is 1. The molecule has 0 unspecified atom stereocenters. The summed E-state index contributed by atoms with van der Waals surface area (Å²) in [6.45, 7) is 6.01. The number of hydrogen-bond donors (Lipinski definition) is 1. The predicted octanol–water partition coefficient (Wildman–Crippen LogP) is 1.83. The quantitative estimate of drug-likeness (QED) is 0.873. The zero-order valence-corrected chi connectivity index (χ0v) is 12.0. The van der Waals surface area contributed by atoms with E-state index in [1.807, 2.05) is 13.8 Å². The van der Waals surface area contributed by atoms with Crippen LogP contribution in [0.4, 0.5) is 0 Å². The molecule has 1 aromatic heterocycles. The summed E-state index contributed by atoms with van der Waals surface area (Å²) >= 11 is 1.67. The van der Waals surface area contributed by atoms with Gasteiger partial charge in [-0.15, -0.1) is 11.3 Å². The van der Waals surface area contributed by atoms with Crippen molar-refractivity contribution in [2.75, 3.05) is 14.1 Å². The molecule has 0 saturated carbocycles. The molecule has 1 amide bonds. The molecule has 0 aliphatic rings. The van der Waals surface area contributed by atoms with E-state index in [1.165, 1.54) is 0 Å². The largest absolute Gasteiger partial charge is 0.347 e. The standard InChI is InChI=1S/C12H21N3OS/c1-6-11-14-10(7-17-11)8(2)13-9(3)12(16)15(4)5/h7-9,13H,6H2,1-5H3/t8-,9-/m0/s1. The Kier molecular flexibility index (Phi) is 5.08. The lowest BCUT2D eigenvalue weighted by Gasteiger charge is -2.21. The Morgan fingerprint density at radius 1 is 1.53 bits per heavy atom. The van der Waals surface area contributed by atoms with Gasteiger partial charge in [0, 0.05) is 25.5 Å². The second-order valence-corrected chi connectivity index (χ2v) is 5.31. The molecule has 4 nitrogen and oxygen atoms in total. The van der Waals surface area contributed by atoms with E-state index in [0.717, 1.165) is 17.1 Å². The first kappa shape index (κ1) is 14.1. The number of nitrogens with zero attached hydrogens (tertiary/aromatic N) is 2. The highest BCUT2D eigenvalue weighted by Crippen LogP contribution is 2.17. The van der Waals surface area contributed by atoms with Crippen LogP contribution in [0.5, 0.6) is 0 Å². The van der Waals surface area contributed by atoms with Crippen LogP contribution in [-0.4, -0.2) is 35.9 Å². The van der Waals surface area contributed by atoms with Crippen molar-refractivity contribution < 1.29 is 4.79 Å². The van der Waals surface area contributed by atoms with Crippen LogP contribution in [0.1, 0.15) is 37.5 Å². The molecule has 0 spiro atoms. The van der Waals surface area contributed by atoms with Crippen molar-refractivity contribution in [3.8, 4) is 0 Å². The van der Waals surface area contributed by atoms with Gasteiger partial charge in [-0.25, -0.2) is 4.98 Å². The highest BCUT2D eigenvalue weighted by atomic mass is 32.1. The van der Waals surface area contributed by atoms with E-state index >= 15 is 0 Å². The number of amides is 1. The molecular weight excluding hydrogens is 234 g/mol. The lowest BCUT2D eigenvalue weighted by atomic mass is 10.2. The SMILES string of the molecule is CCc1nc([C@H](C)N[C@@H](C)C(=O)N(C)C)cs1. The van der Waals surface area contributed by atoms with Gasteiger partial charge in [0.15, 0.2) is 0 Å². The molecular formula is C12H21N3OS. The summed E-state index contributed by atoms with van der Waals surface area (Å²) in [5.74, 6) is 0.0859. The molecule has 0 aliphatic carbocycles. The van der Waals surface area contributed by atoms with Crippen LogP contribution in [-0.2, 0) is 11.2 Å². The van der Waals surface area contributed by atoms with Gasteiger partial charge in [-0.05, 0) is 20.3 Å². The first-order chi connectivity index (χ1) is 7.95.